The summed E-state index contributed by atoms with van der Waals surface area (Å²) >= 11 is 0. The molecular weight excluding hydrogens is 356 g/mol. The third-order valence-corrected chi connectivity index (χ3v) is 3.61. The van der Waals surface area contributed by atoms with Gasteiger partial charge in [-0.05, 0) is 41.1 Å². The van der Waals surface area contributed by atoms with Gasteiger partial charge in [-0.15, -0.1) is 5.10 Å². The SMILES string of the molecule is C/C(=N\Nc1ccc([N+](=O)[O-])cc1[N+](=O)[O-])c1cccc(-n2cnnn2)c1. The third kappa shape index (κ3) is 3.89. The highest BCUT2D eigenvalue weighted by molar-refractivity contribution is 5.99. The fourth-order valence-electron chi connectivity index (χ4n) is 2.24. The topological polar surface area (TPSA) is 154 Å². The Morgan fingerprint density at radius 1 is 1.15 bits per heavy atom. The van der Waals surface area contributed by atoms with Crippen molar-refractivity contribution in [2.45, 2.75) is 6.92 Å². The molecule has 0 amide bonds. The molecule has 136 valence electrons. The number of anilines is 1. The van der Waals surface area contributed by atoms with Crippen LogP contribution < -0.4 is 5.43 Å². The molecule has 0 spiro atoms. The van der Waals surface area contributed by atoms with Gasteiger partial charge in [0.1, 0.15) is 12.0 Å². The number of nitro groups is 2. The summed E-state index contributed by atoms with van der Waals surface area (Å²) in [7, 11) is 0. The lowest BCUT2D eigenvalue weighted by Crippen LogP contribution is -2.04. The highest BCUT2D eigenvalue weighted by atomic mass is 16.6. The van der Waals surface area contributed by atoms with E-state index in [9.17, 15) is 20.2 Å². The highest BCUT2D eigenvalue weighted by Crippen LogP contribution is 2.29. The molecule has 0 aliphatic rings. The molecule has 0 bridgehead atoms. The number of benzene rings is 2. The second kappa shape index (κ2) is 7.35. The van der Waals surface area contributed by atoms with E-state index in [1.165, 1.54) is 23.1 Å². The number of nitrogens with one attached hydrogen (secondary N) is 1. The first kappa shape index (κ1) is 17.6. The van der Waals surface area contributed by atoms with Gasteiger partial charge in [0.15, 0.2) is 0 Å². The number of aromatic nitrogens is 4. The zero-order valence-corrected chi connectivity index (χ0v) is 13.9. The summed E-state index contributed by atoms with van der Waals surface area (Å²) in [5, 5.41) is 37.0. The zero-order chi connectivity index (χ0) is 19.4. The van der Waals surface area contributed by atoms with E-state index in [0.717, 1.165) is 11.6 Å². The summed E-state index contributed by atoms with van der Waals surface area (Å²) in [5.41, 5.74) is 3.81. The van der Waals surface area contributed by atoms with Gasteiger partial charge in [-0.25, -0.2) is 4.68 Å². The van der Waals surface area contributed by atoms with Gasteiger partial charge < -0.3 is 0 Å². The minimum atomic E-state index is -0.710. The molecular formula is C15H12N8O4. The summed E-state index contributed by atoms with van der Waals surface area (Å²) in [5.74, 6) is 0. The van der Waals surface area contributed by atoms with Gasteiger partial charge >= 0.3 is 5.69 Å². The molecule has 3 rings (SSSR count). The summed E-state index contributed by atoms with van der Waals surface area (Å²) in [6, 6.07) is 10.5. The molecule has 0 unspecified atom stereocenters. The smallest absolute Gasteiger partial charge is 0.271 e. The zero-order valence-electron chi connectivity index (χ0n) is 13.9. The number of non-ortho nitro benzene ring substituents is 1. The summed E-state index contributed by atoms with van der Waals surface area (Å²) < 4.78 is 1.48. The Labute approximate surface area is 151 Å². The van der Waals surface area contributed by atoms with Crippen LogP contribution in [0, 0.1) is 20.2 Å². The lowest BCUT2D eigenvalue weighted by atomic mass is 10.1. The van der Waals surface area contributed by atoms with Crippen LogP contribution in [0.5, 0.6) is 0 Å². The quantitative estimate of drug-likeness (QED) is 0.395. The predicted octanol–water partition coefficient (Wildman–Crippen LogP) is 2.31. The van der Waals surface area contributed by atoms with Gasteiger partial charge in [-0.1, -0.05) is 12.1 Å². The monoisotopic (exact) mass is 368 g/mol. The van der Waals surface area contributed by atoms with Crippen molar-refractivity contribution in [3.8, 4) is 5.69 Å². The van der Waals surface area contributed by atoms with Crippen LogP contribution in [0.1, 0.15) is 12.5 Å². The van der Waals surface area contributed by atoms with Crippen molar-refractivity contribution in [1.82, 2.24) is 20.2 Å². The van der Waals surface area contributed by atoms with Crippen LogP contribution in [-0.4, -0.2) is 35.8 Å². The minimum absolute atomic E-state index is 0.0431. The molecule has 0 fully saturated rings. The molecule has 1 heterocycles. The maximum atomic E-state index is 11.2. The Morgan fingerprint density at radius 3 is 2.63 bits per heavy atom. The molecule has 3 aromatic rings. The van der Waals surface area contributed by atoms with E-state index in [0.29, 0.717) is 11.4 Å². The van der Waals surface area contributed by atoms with E-state index in [2.05, 4.69) is 26.1 Å². The third-order valence-electron chi connectivity index (χ3n) is 3.61. The number of hydrogen-bond acceptors (Lipinski definition) is 9. The van der Waals surface area contributed by atoms with Gasteiger partial charge in [-0.2, -0.15) is 5.10 Å². The number of nitrogens with zero attached hydrogens (tertiary/aromatic N) is 7. The summed E-state index contributed by atoms with van der Waals surface area (Å²) in [6.07, 6.45) is 1.45. The standard InChI is InChI=1S/C15H12N8O4/c1-10(11-3-2-4-12(7-11)21-9-16-19-20-21)17-18-14-6-5-13(22(24)25)8-15(14)23(26)27/h2-9,18H,1H3/b17-10+. The van der Waals surface area contributed by atoms with Crippen molar-refractivity contribution in [1.29, 1.82) is 0 Å². The molecule has 0 saturated heterocycles. The maximum absolute atomic E-state index is 11.2. The van der Waals surface area contributed by atoms with Gasteiger partial charge in [0.2, 0.25) is 0 Å². The Bertz CT molecular complexity index is 1030. The number of nitro benzene ring substituents is 2. The van der Waals surface area contributed by atoms with Crippen LogP contribution in [0.3, 0.4) is 0 Å². The average molecular weight is 368 g/mol. The predicted molar refractivity (Wildman–Crippen MR) is 94.7 cm³/mol. The van der Waals surface area contributed by atoms with E-state index < -0.39 is 15.5 Å². The lowest BCUT2D eigenvalue weighted by Gasteiger charge is -2.06. The van der Waals surface area contributed by atoms with Gasteiger partial charge in [0, 0.05) is 6.07 Å². The van der Waals surface area contributed by atoms with Gasteiger partial charge in [-0.3, -0.25) is 25.7 Å². The van der Waals surface area contributed by atoms with Crippen molar-refractivity contribution >= 4 is 22.8 Å². The molecule has 0 atom stereocenters. The molecule has 12 heteroatoms. The van der Waals surface area contributed by atoms with Crippen LogP contribution in [0.15, 0.2) is 53.9 Å². The Hall–Kier alpha value is -4.22. The van der Waals surface area contributed by atoms with Crippen molar-refractivity contribution in [2.75, 3.05) is 5.43 Å². The second-order valence-electron chi connectivity index (χ2n) is 5.33. The molecule has 2 aromatic carbocycles. The lowest BCUT2D eigenvalue weighted by molar-refractivity contribution is -0.393. The molecule has 0 aliphatic carbocycles. The van der Waals surface area contributed by atoms with Crippen LogP contribution in [0.25, 0.3) is 5.69 Å². The fourth-order valence-corrected chi connectivity index (χ4v) is 2.24. The number of rotatable bonds is 6. The van der Waals surface area contributed by atoms with Crippen LogP contribution >= 0.6 is 0 Å². The van der Waals surface area contributed by atoms with Crippen molar-refractivity contribution in [3.63, 3.8) is 0 Å². The molecule has 0 aliphatic heterocycles. The molecule has 0 saturated carbocycles. The second-order valence-corrected chi connectivity index (χ2v) is 5.33. The normalized spacial score (nSPS) is 11.2. The van der Waals surface area contributed by atoms with Crippen LogP contribution in [0.2, 0.25) is 0 Å². The Kier molecular flexibility index (Phi) is 4.79. The first-order chi connectivity index (χ1) is 13.0. The molecule has 12 nitrogen and oxygen atoms in total. The van der Waals surface area contributed by atoms with Gasteiger partial charge in [0.25, 0.3) is 5.69 Å². The van der Waals surface area contributed by atoms with Crippen molar-refractivity contribution in [2.24, 2.45) is 5.10 Å². The van der Waals surface area contributed by atoms with E-state index in [1.54, 1.807) is 25.1 Å². The van der Waals surface area contributed by atoms with Crippen LogP contribution in [0.4, 0.5) is 17.1 Å². The van der Waals surface area contributed by atoms with E-state index >= 15 is 0 Å². The molecule has 1 N–H and O–H groups in total. The van der Waals surface area contributed by atoms with E-state index in [-0.39, 0.29) is 11.4 Å². The number of hydrazone groups is 1. The Balaban J connectivity index is 1.87. The van der Waals surface area contributed by atoms with Crippen LogP contribution in [-0.2, 0) is 0 Å². The average Bonchev–Trinajstić information content (AvgIpc) is 3.20. The highest BCUT2D eigenvalue weighted by Gasteiger charge is 2.19. The molecule has 0 radical (unpaired) electrons. The van der Waals surface area contributed by atoms with Crippen molar-refractivity contribution in [3.05, 3.63) is 74.6 Å². The minimum Gasteiger partial charge on any atom is -0.271 e. The first-order valence-electron chi connectivity index (χ1n) is 7.52. The summed E-state index contributed by atoms with van der Waals surface area (Å²) in [6.45, 7) is 1.71. The number of hydrogen-bond donors (Lipinski definition) is 1. The van der Waals surface area contributed by atoms with E-state index in [1.807, 2.05) is 6.07 Å². The van der Waals surface area contributed by atoms with Crippen molar-refractivity contribution < 1.29 is 9.85 Å². The first-order valence-corrected chi connectivity index (χ1v) is 7.52. The number of tetrazole rings is 1. The molecule has 1 aromatic heterocycles. The largest absolute Gasteiger partial charge is 0.301 e. The Morgan fingerprint density at radius 2 is 1.96 bits per heavy atom. The van der Waals surface area contributed by atoms with E-state index in [4.69, 9.17) is 0 Å². The molecule has 27 heavy (non-hydrogen) atoms. The van der Waals surface area contributed by atoms with Gasteiger partial charge in [0.05, 0.1) is 27.3 Å². The maximum Gasteiger partial charge on any atom is 0.301 e. The summed E-state index contributed by atoms with van der Waals surface area (Å²) in [4.78, 5) is 20.5. The fraction of sp³-hybridized carbons (Fsp3) is 0.0667.